The SMILES string of the molecule is Cc1c(NCC(C)(C)C)cccc1C(=O)N[C@@H]1C=C[C@H](CO)C1. The summed E-state index contributed by atoms with van der Waals surface area (Å²) < 4.78 is 0. The van der Waals surface area contributed by atoms with Gasteiger partial charge in [0, 0.05) is 36.4 Å². The fourth-order valence-electron chi connectivity index (χ4n) is 2.70. The van der Waals surface area contributed by atoms with Gasteiger partial charge >= 0.3 is 0 Å². The van der Waals surface area contributed by atoms with Crippen molar-refractivity contribution < 1.29 is 9.90 Å². The summed E-state index contributed by atoms with van der Waals surface area (Å²) in [7, 11) is 0. The highest BCUT2D eigenvalue weighted by Gasteiger charge is 2.21. The second kappa shape index (κ2) is 7.18. The maximum absolute atomic E-state index is 12.5. The van der Waals surface area contributed by atoms with Crippen LogP contribution in [0.3, 0.4) is 0 Å². The summed E-state index contributed by atoms with van der Waals surface area (Å²) >= 11 is 0. The molecule has 4 nitrogen and oxygen atoms in total. The first-order valence-corrected chi connectivity index (χ1v) is 8.23. The first-order chi connectivity index (χ1) is 10.8. The number of carbonyl (C=O) groups is 1. The molecule has 3 N–H and O–H groups in total. The van der Waals surface area contributed by atoms with Crippen molar-refractivity contribution in [1.29, 1.82) is 0 Å². The van der Waals surface area contributed by atoms with Crippen molar-refractivity contribution in [2.24, 2.45) is 11.3 Å². The van der Waals surface area contributed by atoms with Crippen LogP contribution < -0.4 is 10.6 Å². The van der Waals surface area contributed by atoms with E-state index in [9.17, 15) is 4.79 Å². The topological polar surface area (TPSA) is 61.4 Å². The Labute approximate surface area is 139 Å². The zero-order valence-electron chi connectivity index (χ0n) is 14.5. The molecule has 0 fully saturated rings. The number of carbonyl (C=O) groups excluding carboxylic acids is 1. The number of hydrogen-bond acceptors (Lipinski definition) is 3. The Morgan fingerprint density at radius 1 is 1.30 bits per heavy atom. The molecule has 2 rings (SSSR count). The van der Waals surface area contributed by atoms with E-state index < -0.39 is 0 Å². The van der Waals surface area contributed by atoms with Crippen LogP contribution in [0.15, 0.2) is 30.4 Å². The predicted octanol–water partition coefficient (Wildman–Crippen LogP) is 3.12. The van der Waals surface area contributed by atoms with Crippen LogP contribution in [-0.4, -0.2) is 30.2 Å². The van der Waals surface area contributed by atoms with Gasteiger partial charge in [-0.2, -0.15) is 0 Å². The Morgan fingerprint density at radius 2 is 2.04 bits per heavy atom. The molecule has 0 heterocycles. The first kappa shape index (κ1) is 17.5. The fraction of sp³-hybridized carbons (Fsp3) is 0.526. The van der Waals surface area contributed by atoms with E-state index in [2.05, 4.69) is 31.4 Å². The fourth-order valence-corrected chi connectivity index (χ4v) is 2.70. The zero-order chi connectivity index (χ0) is 17.0. The number of aliphatic hydroxyl groups excluding tert-OH is 1. The summed E-state index contributed by atoms with van der Waals surface area (Å²) in [5, 5.41) is 15.6. The van der Waals surface area contributed by atoms with E-state index in [1.807, 2.05) is 37.3 Å². The van der Waals surface area contributed by atoms with E-state index in [1.165, 1.54) is 0 Å². The molecule has 2 atom stereocenters. The third kappa shape index (κ3) is 4.83. The lowest BCUT2D eigenvalue weighted by Crippen LogP contribution is -2.33. The molecule has 0 spiro atoms. The number of nitrogens with one attached hydrogen (secondary N) is 2. The van der Waals surface area contributed by atoms with Crippen LogP contribution in [0.1, 0.15) is 43.1 Å². The van der Waals surface area contributed by atoms with Gasteiger partial charge in [-0.05, 0) is 36.5 Å². The van der Waals surface area contributed by atoms with E-state index >= 15 is 0 Å². The van der Waals surface area contributed by atoms with Crippen LogP contribution in [0.25, 0.3) is 0 Å². The molecule has 1 amide bonds. The van der Waals surface area contributed by atoms with Gasteiger partial charge in [-0.15, -0.1) is 0 Å². The van der Waals surface area contributed by atoms with Gasteiger partial charge in [0.05, 0.1) is 0 Å². The van der Waals surface area contributed by atoms with Gasteiger partial charge in [0.25, 0.3) is 5.91 Å². The molecule has 1 aliphatic rings. The highest BCUT2D eigenvalue weighted by atomic mass is 16.3. The van der Waals surface area contributed by atoms with Crippen molar-refractivity contribution >= 4 is 11.6 Å². The Kier molecular flexibility index (Phi) is 5.47. The molecular weight excluding hydrogens is 288 g/mol. The lowest BCUT2D eigenvalue weighted by atomic mass is 9.96. The monoisotopic (exact) mass is 316 g/mol. The van der Waals surface area contributed by atoms with Gasteiger partial charge in [0.2, 0.25) is 0 Å². The van der Waals surface area contributed by atoms with Gasteiger partial charge < -0.3 is 15.7 Å². The number of anilines is 1. The van der Waals surface area contributed by atoms with E-state index in [0.717, 1.165) is 24.2 Å². The molecule has 1 aromatic rings. The second-order valence-electron chi connectivity index (χ2n) is 7.54. The average molecular weight is 316 g/mol. The van der Waals surface area contributed by atoms with Crippen molar-refractivity contribution in [2.75, 3.05) is 18.5 Å². The van der Waals surface area contributed by atoms with Gasteiger partial charge in [-0.1, -0.05) is 39.0 Å². The molecule has 0 aliphatic heterocycles. The van der Waals surface area contributed by atoms with Crippen molar-refractivity contribution in [3.05, 3.63) is 41.5 Å². The van der Waals surface area contributed by atoms with Gasteiger partial charge in [-0.25, -0.2) is 0 Å². The van der Waals surface area contributed by atoms with Crippen LogP contribution in [0, 0.1) is 18.3 Å². The summed E-state index contributed by atoms with van der Waals surface area (Å²) in [5.74, 6) is 0.0938. The molecule has 4 heteroatoms. The summed E-state index contributed by atoms with van der Waals surface area (Å²) in [4.78, 5) is 12.5. The Hall–Kier alpha value is -1.81. The van der Waals surface area contributed by atoms with Crippen molar-refractivity contribution in [3.8, 4) is 0 Å². The Bertz CT molecular complexity index is 588. The molecule has 0 radical (unpaired) electrons. The van der Waals surface area contributed by atoms with Gasteiger partial charge in [0.15, 0.2) is 0 Å². The minimum absolute atomic E-state index is 0.00485. The number of rotatable bonds is 5. The maximum atomic E-state index is 12.5. The van der Waals surface area contributed by atoms with Gasteiger partial charge in [0.1, 0.15) is 0 Å². The number of benzene rings is 1. The standard InChI is InChI=1S/C19H28N2O2/c1-13-16(6-5-7-17(13)20-12-19(2,3)4)18(23)21-15-9-8-14(10-15)11-22/h5-9,14-15,20,22H,10-12H2,1-4H3,(H,21,23)/t14-,15+/m0/s1. The smallest absolute Gasteiger partial charge is 0.252 e. The Morgan fingerprint density at radius 3 is 2.65 bits per heavy atom. The number of hydrogen-bond donors (Lipinski definition) is 3. The summed E-state index contributed by atoms with van der Waals surface area (Å²) in [6.07, 6.45) is 4.71. The molecule has 23 heavy (non-hydrogen) atoms. The summed E-state index contributed by atoms with van der Waals surface area (Å²) in [5.41, 5.74) is 2.85. The van der Waals surface area contributed by atoms with E-state index in [4.69, 9.17) is 5.11 Å². The third-order valence-electron chi connectivity index (χ3n) is 4.11. The van der Waals surface area contributed by atoms with Crippen LogP contribution >= 0.6 is 0 Å². The normalized spacial score (nSPS) is 20.6. The molecule has 1 aromatic carbocycles. The van der Waals surface area contributed by atoms with Crippen LogP contribution in [0.4, 0.5) is 5.69 Å². The molecule has 1 aliphatic carbocycles. The molecule has 0 saturated heterocycles. The molecule has 126 valence electrons. The maximum Gasteiger partial charge on any atom is 0.252 e. The average Bonchev–Trinajstić information content (AvgIpc) is 2.92. The lowest BCUT2D eigenvalue weighted by Gasteiger charge is -2.21. The minimum atomic E-state index is -0.0600. The van der Waals surface area contributed by atoms with Crippen molar-refractivity contribution in [1.82, 2.24) is 5.32 Å². The molecular formula is C19H28N2O2. The first-order valence-electron chi connectivity index (χ1n) is 8.23. The lowest BCUT2D eigenvalue weighted by molar-refractivity contribution is 0.0940. The molecule has 0 aromatic heterocycles. The van der Waals surface area contributed by atoms with Crippen LogP contribution in [-0.2, 0) is 0 Å². The van der Waals surface area contributed by atoms with Gasteiger partial charge in [-0.3, -0.25) is 4.79 Å². The highest BCUT2D eigenvalue weighted by Crippen LogP contribution is 2.23. The highest BCUT2D eigenvalue weighted by molar-refractivity contribution is 5.97. The molecule has 0 bridgehead atoms. The van der Waals surface area contributed by atoms with Crippen molar-refractivity contribution in [2.45, 2.75) is 40.2 Å². The Balaban J connectivity index is 2.05. The molecule has 0 unspecified atom stereocenters. The predicted molar refractivity (Wildman–Crippen MR) is 94.7 cm³/mol. The largest absolute Gasteiger partial charge is 0.396 e. The van der Waals surface area contributed by atoms with Crippen molar-refractivity contribution in [3.63, 3.8) is 0 Å². The summed E-state index contributed by atoms with van der Waals surface area (Å²) in [6.45, 7) is 9.49. The second-order valence-corrected chi connectivity index (χ2v) is 7.54. The minimum Gasteiger partial charge on any atom is -0.396 e. The van der Waals surface area contributed by atoms with Crippen LogP contribution in [0.5, 0.6) is 0 Å². The van der Waals surface area contributed by atoms with E-state index in [1.54, 1.807) is 0 Å². The third-order valence-corrected chi connectivity index (χ3v) is 4.11. The quantitative estimate of drug-likeness (QED) is 0.732. The summed E-state index contributed by atoms with van der Waals surface area (Å²) in [6, 6.07) is 5.78. The zero-order valence-corrected chi connectivity index (χ0v) is 14.5. The number of amides is 1. The van der Waals surface area contributed by atoms with E-state index in [0.29, 0.717) is 5.56 Å². The van der Waals surface area contributed by atoms with E-state index in [-0.39, 0.29) is 29.9 Å². The number of aliphatic hydroxyl groups is 1. The molecule has 0 saturated carbocycles. The van der Waals surface area contributed by atoms with Crippen LogP contribution in [0.2, 0.25) is 0 Å².